The fourth-order valence-electron chi connectivity index (χ4n) is 3.13. The molecule has 2 saturated heterocycles. The van der Waals surface area contributed by atoms with E-state index in [-0.39, 0.29) is 5.92 Å². The average molecular weight is 235 g/mol. The molecule has 0 aromatic heterocycles. The van der Waals surface area contributed by atoms with E-state index in [4.69, 9.17) is 5.26 Å². The van der Waals surface area contributed by atoms with Gasteiger partial charge in [0.25, 0.3) is 0 Å². The molecule has 3 nitrogen and oxygen atoms in total. The number of nitriles is 1. The lowest BCUT2D eigenvalue weighted by molar-refractivity contribution is 0.0642. The van der Waals surface area contributed by atoms with Gasteiger partial charge in [0, 0.05) is 31.2 Å². The Labute approximate surface area is 105 Å². The third-order valence-electron chi connectivity index (χ3n) is 4.33. The van der Waals surface area contributed by atoms with Crippen LogP contribution in [0.15, 0.2) is 0 Å². The molecule has 3 heteroatoms. The van der Waals surface area contributed by atoms with Gasteiger partial charge in [-0.05, 0) is 46.6 Å². The van der Waals surface area contributed by atoms with Crippen molar-refractivity contribution in [3.8, 4) is 6.07 Å². The predicted molar refractivity (Wildman–Crippen MR) is 69.6 cm³/mol. The van der Waals surface area contributed by atoms with Crippen molar-refractivity contribution in [2.24, 2.45) is 5.92 Å². The summed E-state index contributed by atoms with van der Waals surface area (Å²) in [6, 6.07) is 3.14. The number of piperidine rings is 1. The summed E-state index contributed by atoms with van der Waals surface area (Å²) in [5.74, 6) is 0.288. The van der Waals surface area contributed by atoms with Crippen LogP contribution in [0.2, 0.25) is 0 Å². The van der Waals surface area contributed by atoms with Gasteiger partial charge < -0.3 is 0 Å². The maximum Gasteiger partial charge on any atom is 0.0669 e. The first-order valence-electron chi connectivity index (χ1n) is 6.89. The fraction of sp³-hybridized carbons (Fsp3) is 0.929. The van der Waals surface area contributed by atoms with E-state index in [2.05, 4.69) is 36.6 Å². The molecule has 0 radical (unpaired) electrons. The summed E-state index contributed by atoms with van der Waals surface area (Å²) < 4.78 is 0. The Morgan fingerprint density at radius 2 is 1.71 bits per heavy atom. The standard InChI is InChI=1S/C14H25N3/c1-14(2,3)17-8-5-13(6-9-17)16-7-4-12(10-15)11-16/h12-13H,4-9,11H2,1-3H3. The van der Waals surface area contributed by atoms with Crippen LogP contribution in [0.4, 0.5) is 0 Å². The Bertz CT molecular complexity index is 292. The molecule has 0 aromatic carbocycles. The smallest absolute Gasteiger partial charge is 0.0669 e. The summed E-state index contributed by atoms with van der Waals surface area (Å²) in [7, 11) is 0. The van der Waals surface area contributed by atoms with Crippen LogP contribution in [-0.2, 0) is 0 Å². The zero-order chi connectivity index (χ0) is 12.5. The van der Waals surface area contributed by atoms with Crippen molar-refractivity contribution < 1.29 is 0 Å². The largest absolute Gasteiger partial charge is 0.299 e. The van der Waals surface area contributed by atoms with Crippen LogP contribution in [0.1, 0.15) is 40.0 Å². The molecule has 96 valence electrons. The second-order valence-corrected chi connectivity index (χ2v) is 6.50. The molecular formula is C14H25N3. The van der Waals surface area contributed by atoms with Gasteiger partial charge in [-0.25, -0.2) is 0 Å². The summed E-state index contributed by atoms with van der Waals surface area (Å²) in [5, 5.41) is 8.95. The second kappa shape index (κ2) is 4.96. The quantitative estimate of drug-likeness (QED) is 0.697. The van der Waals surface area contributed by atoms with Crippen LogP contribution in [0.5, 0.6) is 0 Å². The normalized spacial score (nSPS) is 29.4. The van der Waals surface area contributed by atoms with Crippen molar-refractivity contribution in [3.63, 3.8) is 0 Å². The van der Waals surface area contributed by atoms with E-state index in [0.29, 0.717) is 5.54 Å². The fourth-order valence-corrected chi connectivity index (χ4v) is 3.13. The molecule has 2 heterocycles. The monoisotopic (exact) mass is 235 g/mol. The molecular weight excluding hydrogens is 210 g/mol. The van der Waals surface area contributed by atoms with E-state index in [1.165, 1.54) is 25.9 Å². The van der Waals surface area contributed by atoms with Crippen LogP contribution >= 0.6 is 0 Å². The van der Waals surface area contributed by atoms with Gasteiger partial charge in [0.15, 0.2) is 0 Å². The zero-order valence-electron chi connectivity index (χ0n) is 11.4. The predicted octanol–water partition coefficient (Wildman–Crippen LogP) is 2.09. The highest BCUT2D eigenvalue weighted by molar-refractivity contribution is 4.94. The topological polar surface area (TPSA) is 30.3 Å². The van der Waals surface area contributed by atoms with E-state index < -0.39 is 0 Å². The van der Waals surface area contributed by atoms with Crippen LogP contribution in [0.25, 0.3) is 0 Å². The van der Waals surface area contributed by atoms with Gasteiger partial charge in [0.2, 0.25) is 0 Å². The van der Waals surface area contributed by atoms with Crippen molar-refractivity contribution >= 4 is 0 Å². The van der Waals surface area contributed by atoms with Gasteiger partial charge in [-0.2, -0.15) is 5.26 Å². The minimum Gasteiger partial charge on any atom is -0.299 e. The Kier molecular flexibility index (Phi) is 3.75. The SMILES string of the molecule is CC(C)(C)N1CCC(N2CCC(C#N)C2)CC1. The van der Waals surface area contributed by atoms with E-state index >= 15 is 0 Å². The number of hydrogen-bond acceptors (Lipinski definition) is 3. The highest BCUT2D eigenvalue weighted by Crippen LogP contribution is 2.26. The first kappa shape index (κ1) is 12.9. The van der Waals surface area contributed by atoms with Crippen molar-refractivity contribution in [1.82, 2.24) is 9.80 Å². The summed E-state index contributed by atoms with van der Waals surface area (Å²) >= 11 is 0. The van der Waals surface area contributed by atoms with Gasteiger partial charge in [-0.3, -0.25) is 9.80 Å². The summed E-state index contributed by atoms with van der Waals surface area (Å²) in [5.41, 5.74) is 0.311. The number of rotatable bonds is 1. The molecule has 0 aromatic rings. The van der Waals surface area contributed by atoms with Crippen LogP contribution in [0, 0.1) is 17.2 Å². The lowest BCUT2D eigenvalue weighted by Crippen LogP contribution is -2.50. The molecule has 0 aliphatic carbocycles. The van der Waals surface area contributed by atoms with Crippen LogP contribution < -0.4 is 0 Å². The molecule has 1 atom stereocenters. The van der Waals surface area contributed by atoms with Gasteiger partial charge >= 0.3 is 0 Å². The van der Waals surface area contributed by atoms with E-state index in [9.17, 15) is 0 Å². The Morgan fingerprint density at radius 1 is 1.06 bits per heavy atom. The van der Waals surface area contributed by atoms with Crippen LogP contribution in [0.3, 0.4) is 0 Å². The average Bonchev–Trinajstić information content (AvgIpc) is 2.76. The molecule has 2 fully saturated rings. The third-order valence-corrected chi connectivity index (χ3v) is 4.33. The van der Waals surface area contributed by atoms with E-state index in [1.807, 2.05) is 0 Å². The summed E-state index contributed by atoms with van der Waals surface area (Å²) in [6.07, 6.45) is 3.63. The molecule has 17 heavy (non-hydrogen) atoms. The van der Waals surface area contributed by atoms with Gasteiger partial charge in [0.05, 0.1) is 12.0 Å². The van der Waals surface area contributed by atoms with Gasteiger partial charge in [0.1, 0.15) is 0 Å². The minimum atomic E-state index is 0.288. The van der Waals surface area contributed by atoms with Gasteiger partial charge in [-0.1, -0.05) is 0 Å². The maximum atomic E-state index is 8.95. The molecule has 2 aliphatic heterocycles. The van der Waals surface area contributed by atoms with Crippen molar-refractivity contribution in [3.05, 3.63) is 0 Å². The van der Waals surface area contributed by atoms with Crippen molar-refractivity contribution in [2.45, 2.75) is 51.6 Å². The molecule has 0 amide bonds. The highest BCUT2D eigenvalue weighted by Gasteiger charge is 2.33. The minimum absolute atomic E-state index is 0.288. The number of likely N-dealkylation sites (tertiary alicyclic amines) is 2. The van der Waals surface area contributed by atoms with Crippen molar-refractivity contribution in [1.29, 1.82) is 5.26 Å². The molecule has 0 bridgehead atoms. The third kappa shape index (κ3) is 3.00. The Morgan fingerprint density at radius 3 is 2.18 bits per heavy atom. The lowest BCUT2D eigenvalue weighted by atomic mass is 9.97. The molecule has 0 saturated carbocycles. The van der Waals surface area contributed by atoms with E-state index in [0.717, 1.165) is 25.6 Å². The molecule has 2 aliphatic rings. The number of nitrogens with zero attached hydrogens (tertiary/aromatic N) is 3. The first-order valence-corrected chi connectivity index (χ1v) is 6.89. The maximum absolute atomic E-state index is 8.95. The summed E-state index contributed by atoms with van der Waals surface area (Å²) in [6.45, 7) is 11.5. The lowest BCUT2D eigenvalue weighted by Gasteiger charge is -2.43. The number of hydrogen-bond donors (Lipinski definition) is 0. The molecule has 1 unspecified atom stereocenters. The molecule has 2 rings (SSSR count). The molecule has 0 spiro atoms. The van der Waals surface area contributed by atoms with Gasteiger partial charge in [-0.15, -0.1) is 0 Å². The van der Waals surface area contributed by atoms with Crippen molar-refractivity contribution in [2.75, 3.05) is 26.2 Å². The Hall–Kier alpha value is -0.590. The highest BCUT2D eigenvalue weighted by atomic mass is 15.2. The zero-order valence-corrected chi connectivity index (χ0v) is 11.4. The first-order chi connectivity index (χ1) is 8.00. The summed E-state index contributed by atoms with van der Waals surface area (Å²) in [4.78, 5) is 5.13. The van der Waals surface area contributed by atoms with Crippen LogP contribution in [-0.4, -0.2) is 47.6 Å². The Balaban J connectivity index is 1.82. The second-order valence-electron chi connectivity index (χ2n) is 6.50. The van der Waals surface area contributed by atoms with E-state index in [1.54, 1.807) is 0 Å². The molecule has 0 N–H and O–H groups in total.